The second kappa shape index (κ2) is 7.68. The largest absolute Gasteiger partial charge is 0.462 e. The smallest absolute Gasteiger partial charge is 0.338 e. The minimum absolute atomic E-state index is 0.319. The number of esters is 1. The lowest BCUT2D eigenvalue weighted by Gasteiger charge is -2.24. The Morgan fingerprint density at radius 2 is 1.96 bits per heavy atom. The first-order chi connectivity index (χ1) is 13.7. The highest BCUT2D eigenvalue weighted by Crippen LogP contribution is 2.37. The van der Waals surface area contributed by atoms with Gasteiger partial charge in [-0.2, -0.15) is 0 Å². The minimum atomic E-state index is -0.319. The van der Waals surface area contributed by atoms with Crippen LogP contribution in [0, 0.1) is 0 Å². The Hall–Kier alpha value is -3.41. The van der Waals surface area contributed by atoms with Crippen molar-refractivity contribution >= 4 is 29.0 Å². The van der Waals surface area contributed by atoms with Crippen LogP contribution in [0.3, 0.4) is 0 Å². The van der Waals surface area contributed by atoms with Crippen molar-refractivity contribution in [2.75, 3.05) is 16.8 Å². The van der Waals surface area contributed by atoms with Crippen molar-refractivity contribution in [1.29, 1.82) is 0 Å². The van der Waals surface area contributed by atoms with Crippen LogP contribution in [0.4, 0.5) is 23.0 Å². The third-order valence-corrected chi connectivity index (χ3v) is 4.78. The molecule has 1 N–H and O–H groups in total. The Bertz CT molecular complexity index is 988. The second-order valence-electron chi connectivity index (χ2n) is 6.74. The zero-order valence-corrected chi connectivity index (χ0v) is 15.9. The molecule has 1 aliphatic heterocycles. The van der Waals surface area contributed by atoms with Crippen molar-refractivity contribution in [3.63, 3.8) is 0 Å². The highest BCUT2D eigenvalue weighted by atomic mass is 16.5. The lowest BCUT2D eigenvalue weighted by molar-refractivity contribution is 0.0526. The number of aromatic nitrogens is 2. The summed E-state index contributed by atoms with van der Waals surface area (Å²) in [6, 6.07) is 17.8. The van der Waals surface area contributed by atoms with Gasteiger partial charge in [-0.05, 0) is 56.2 Å². The lowest BCUT2D eigenvalue weighted by atomic mass is 10.1. The standard InChI is InChI=1S/C22H22N4O2/c1-3-28-22(27)16-8-10-18(11-9-16)25-20-13-21(24-14-23-20)26-15(2)12-17-6-4-5-7-19(17)26/h4-11,13-15H,3,12H2,1-2H3,(H,23,24,25). The number of carbonyl (C=O) groups excluding carboxylic acids is 1. The predicted molar refractivity (Wildman–Crippen MR) is 109 cm³/mol. The average Bonchev–Trinajstić information content (AvgIpc) is 3.04. The van der Waals surface area contributed by atoms with Crippen LogP contribution < -0.4 is 10.2 Å². The maximum Gasteiger partial charge on any atom is 0.338 e. The van der Waals surface area contributed by atoms with Crippen LogP contribution in [-0.2, 0) is 11.2 Å². The van der Waals surface area contributed by atoms with E-state index < -0.39 is 0 Å². The first kappa shape index (κ1) is 18.0. The van der Waals surface area contributed by atoms with E-state index in [0.29, 0.717) is 24.0 Å². The maximum atomic E-state index is 11.8. The number of nitrogens with one attached hydrogen (secondary N) is 1. The molecular formula is C22H22N4O2. The molecule has 0 aliphatic carbocycles. The fourth-order valence-corrected chi connectivity index (χ4v) is 3.51. The molecule has 0 bridgehead atoms. The van der Waals surface area contributed by atoms with Gasteiger partial charge in [0, 0.05) is 23.5 Å². The Morgan fingerprint density at radius 3 is 2.75 bits per heavy atom. The topological polar surface area (TPSA) is 67.3 Å². The molecule has 0 fully saturated rings. The Labute approximate surface area is 164 Å². The van der Waals surface area contributed by atoms with Gasteiger partial charge in [0.25, 0.3) is 0 Å². The van der Waals surface area contributed by atoms with Crippen LogP contribution >= 0.6 is 0 Å². The molecule has 1 aliphatic rings. The van der Waals surface area contributed by atoms with Crippen LogP contribution in [0.1, 0.15) is 29.8 Å². The van der Waals surface area contributed by atoms with E-state index in [1.54, 1.807) is 25.4 Å². The third kappa shape index (κ3) is 3.53. The summed E-state index contributed by atoms with van der Waals surface area (Å²) >= 11 is 0. The van der Waals surface area contributed by atoms with Gasteiger partial charge in [-0.1, -0.05) is 18.2 Å². The fraction of sp³-hybridized carbons (Fsp3) is 0.227. The molecule has 142 valence electrons. The maximum absolute atomic E-state index is 11.8. The number of hydrogen-bond donors (Lipinski definition) is 1. The van der Waals surface area contributed by atoms with E-state index in [0.717, 1.165) is 17.9 Å². The summed E-state index contributed by atoms with van der Waals surface area (Å²) in [5, 5.41) is 3.27. The summed E-state index contributed by atoms with van der Waals surface area (Å²) < 4.78 is 5.01. The van der Waals surface area contributed by atoms with E-state index in [2.05, 4.69) is 51.4 Å². The summed E-state index contributed by atoms with van der Waals surface area (Å²) in [4.78, 5) is 22.8. The SMILES string of the molecule is CCOC(=O)c1ccc(Nc2cc(N3c4ccccc4CC3C)ncn2)cc1. The van der Waals surface area contributed by atoms with Gasteiger partial charge in [-0.3, -0.25) is 0 Å². The molecule has 0 amide bonds. The van der Waals surface area contributed by atoms with Crippen molar-refractivity contribution in [2.24, 2.45) is 0 Å². The van der Waals surface area contributed by atoms with Crippen LogP contribution in [0.2, 0.25) is 0 Å². The van der Waals surface area contributed by atoms with Gasteiger partial charge in [-0.15, -0.1) is 0 Å². The number of rotatable bonds is 5. The van der Waals surface area contributed by atoms with Crippen molar-refractivity contribution < 1.29 is 9.53 Å². The average molecular weight is 374 g/mol. The number of benzene rings is 2. The fourth-order valence-electron chi connectivity index (χ4n) is 3.51. The molecule has 0 saturated heterocycles. The summed E-state index contributed by atoms with van der Waals surface area (Å²) in [6.07, 6.45) is 2.57. The zero-order valence-electron chi connectivity index (χ0n) is 15.9. The van der Waals surface area contributed by atoms with E-state index in [1.165, 1.54) is 11.3 Å². The molecule has 3 aromatic rings. The van der Waals surface area contributed by atoms with Crippen LogP contribution in [-0.4, -0.2) is 28.6 Å². The number of ether oxygens (including phenoxy) is 1. The highest BCUT2D eigenvalue weighted by molar-refractivity contribution is 5.89. The summed E-state index contributed by atoms with van der Waals surface area (Å²) in [5.41, 5.74) is 3.89. The number of fused-ring (bicyclic) bond motifs is 1. The highest BCUT2D eigenvalue weighted by Gasteiger charge is 2.27. The quantitative estimate of drug-likeness (QED) is 0.664. The van der Waals surface area contributed by atoms with Gasteiger partial charge in [-0.25, -0.2) is 14.8 Å². The van der Waals surface area contributed by atoms with E-state index >= 15 is 0 Å². The Kier molecular flexibility index (Phi) is 4.93. The molecule has 28 heavy (non-hydrogen) atoms. The molecule has 4 rings (SSSR count). The third-order valence-electron chi connectivity index (χ3n) is 4.78. The van der Waals surface area contributed by atoms with E-state index in [4.69, 9.17) is 4.74 Å². The van der Waals surface area contributed by atoms with E-state index in [9.17, 15) is 4.79 Å². The number of hydrogen-bond acceptors (Lipinski definition) is 6. The summed E-state index contributed by atoms with van der Waals surface area (Å²) in [7, 11) is 0. The Balaban J connectivity index is 1.54. The number of para-hydroxylation sites is 1. The van der Waals surface area contributed by atoms with Crippen molar-refractivity contribution in [2.45, 2.75) is 26.3 Å². The van der Waals surface area contributed by atoms with Crippen LogP contribution in [0.5, 0.6) is 0 Å². The molecule has 1 aromatic heterocycles. The normalized spacial score (nSPS) is 15.2. The summed E-state index contributed by atoms with van der Waals surface area (Å²) in [6.45, 7) is 4.35. The van der Waals surface area contributed by atoms with Gasteiger partial charge in [0.2, 0.25) is 0 Å². The first-order valence-corrected chi connectivity index (χ1v) is 9.39. The number of anilines is 4. The lowest BCUT2D eigenvalue weighted by Crippen LogP contribution is -2.24. The van der Waals surface area contributed by atoms with Gasteiger partial charge in [0.05, 0.1) is 12.2 Å². The van der Waals surface area contributed by atoms with Gasteiger partial charge in [0.1, 0.15) is 18.0 Å². The molecule has 2 aromatic carbocycles. The van der Waals surface area contributed by atoms with Crippen LogP contribution in [0.25, 0.3) is 0 Å². The first-order valence-electron chi connectivity index (χ1n) is 9.39. The van der Waals surface area contributed by atoms with Crippen molar-refractivity contribution in [3.8, 4) is 0 Å². The minimum Gasteiger partial charge on any atom is -0.462 e. The zero-order chi connectivity index (χ0) is 19.5. The molecule has 0 radical (unpaired) electrons. The van der Waals surface area contributed by atoms with E-state index in [1.807, 2.05) is 18.2 Å². The van der Waals surface area contributed by atoms with Gasteiger partial charge in [0.15, 0.2) is 0 Å². The molecule has 0 saturated carbocycles. The molecule has 1 atom stereocenters. The molecule has 6 nitrogen and oxygen atoms in total. The second-order valence-corrected chi connectivity index (χ2v) is 6.74. The van der Waals surface area contributed by atoms with Crippen molar-refractivity contribution in [3.05, 3.63) is 72.1 Å². The number of carbonyl (C=O) groups is 1. The van der Waals surface area contributed by atoms with Crippen molar-refractivity contribution in [1.82, 2.24) is 9.97 Å². The predicted octanol–water partition coefficient (Wildman–Crippen LogP) is 4.48. The van der Waals surface area contributed by atoms with E-state index in [-0.39, 0.29) is 5.97 Å². The Morgan fingerprint density at radius 1 is 1.18 bits per heavy atom. The molecule has 6 heteroatoms. The molecule has 0 spiro atoms. The molecule has 1 unspecified atom stereocenters. The molecule has 2 heterocycles. The van der Waals surface area contributed by atoms with Gasteiger partial charge >= 0.3 is 5.97 Å². The van der Waals surface area contributed by atoms with Crippen LogP contribution in [0.15, 0.2) is 60.9 Å². The number of nitrogens with zero attached hydrogens (tertiary/aromatic N) is 3. The summed E-state index contributed by atoms with van der Waals surface area (Å²) in [5.74, 6) is 1.24. The molecular weight excluding hydrogens is 352 g/mol. The van der Waals surface area contributed by atoms with Gasteiger partial charge < -0.3 is 15.0 Å². The monoisotopic (exact) mass is 374 g/mol.